The summed E-state index contributed by atoms with van der Waals surface area (Å²) in [6.07, 6.45) is 2.06. The monoisotopic (exact) mass is 273 g/mol. The minimum atomic E-state index is -0.305. The van der Waals surface area contributed by atoms with E-state index in [-0.39, 0.29) is 17.5 Å². The molecule has 1 aromatic rings. The number of aromatic hydroxyl groups is 1. The van der Waals surface area contributed by atoms with Crippen molar-refractivity contribution in [2.75, 3.05) is 13.1 Å². The highest BCUT2D eigenvalue weighted by Gasteiger charge is 2.20. The fraction of sp³-hybridized carbons (Fsp3) is 0.455. The van der Waals surface area contributed by atoms with Crippen molar-refractivity contribution < 1.29 is 9.50 Å². The summed E-state index contributed by atoms with van der Waals surface area (Å²) >= 11 is 3.15. The van der Waals surface area contributed by atoms with Gasteiger partial charge in [0, 0.05) is 18.0 Å². The molecule has 0 bridgehead atoms. The van der Waals surface area contributed by atoms with Gasteiger partial charge >= 0.3 is 0 Å². The van der Waals surface area contributed by atoms with Crippen LogP contribution < -0.4 is 5.32 Å². The topological polar surface area (TPSA) is 32.3 Å². The molecule has 1 atom stereocenters. The lowest BCUT2D eigenvalue weighted by Gasteiger charge is -2.24. The average Bonchev–Trinajstić information content (AvgIpc) is 2.24. The Labute approximate surface area is 96.6 Å². The Kier molecular flexibility index (Phi) is 3.26. The van der Waals surface area contributed by atoms with E-state index >= 15 is 0 Å². The van der Waals surface area contributed by atoms with Gasteiger partial charge in [-0.3, -0.25) is 0 Å². The van der Waals surface area contributed by atoms with Crippen molar-refractivity contribution in [3.63, 3.8) is 0 Å². The van der Waals surface area contributed by atoms with Crippen molar-refractivity contribution in [3.8, 4) is 5.75 Å². The van der Waals surface area contributed by atoms with Crippen LogP contribution in [0.1, 0.15) is 24.3 Å². The van der Waals surface area contributed by atoms with Crippen LogP contribution in [0.25, 0.3) is 0 Å². The van der Waals surface area contributed by atoms with E-state index in [9.17, 15) is 9.50 Å². The Morgan fingerprint density at radius 1 is 1.47 bits per heavy atom. The summed E-state index contributed by atoms with van der Waals surface area (Å²) in [5.41, 5.74) is 0.703. The first-order valence-electron chi connectivity index (χ1n) is 5.07. The molecule has 2 rings (SSSR count). The Balaban J connectivity index is 2.33. The van der Waals surface area contributed by atoms with Gasteiger partial charge in [0.05, 0.1) is 4.47 Å². The SMILES string of the molecule is Oc1c(Br)cc(F)cc1C1CCCNC1. The fourth-order valence-corrected chi connectivity index (χ4v) is 2.46. The summed E-state index contributed by atoms with van der Waals surface area (Å²) in [6, 6.07) is 2.72. The number of rotatable bonds is 1. The smallest absolute Gasteiger partial charge is 0.133 e. The average molecular weight is 274 g/mol. The molecule has 15 heavy (non-hydrogen) atoms. The van der Waals surface area contributed by atoms with Gasteiger partial charge in [-0.15, -0.1) is 0 Å². The van der Waals surface area contributed by atoms with Crippen LogP contribution >= 0.6 is 15.9 Å². The van der Waals surface area contributed by atoms with Gasteiger partial charge in [0.25, 0.3) is 0 Å². The van der Waals surface area contributed by atoms with Crippen molar-refractivity contribution in [1.82, 2.24) is 5.32 Å². The third-order valence-electron chi connectivity index (χ3n) is 2.79. The second kappa shape index (κ2) is 4.49. The second-order valence-electron chi connectivity index (χ2n) is 3.87. The lowest BCUT2D eigenvalue weighted by molar-refractivity contribution is 0.421. The molecular formula is C11H13BrFNO. The molecule has 2 N–H and O–H groups in total. The van der Waals surface area contributed by atoms with Crippen LogP contribution in [-0.4, -0.2) is 18.2 Å². The largest absolute Gasteiger partial charge is 0.506 e. The van der Waals surface area contributed by atoms with E-state index in [1.807, 2.05) is 0 Å². The maximum atomic E-state index is 13.2. The van der Waals surface area contributed by atoms with Crippen LogP contribution in [0.5, 0.6) is 5.75 Å². The Bertz CT molecular complexity index is 364. The summed E-state index contributed by atoms with van der Waals surface area (Å²) in [4.78, 5) is 0. The zero-order valence-electron chi connectivity index (χ0n) is 8.26. The van der Waals surface area contributed by atoms with Gasteiger partial charge in [0.15, 0.2) is 0 Å². The molecular weight excluding hydrogens is 261 g/mol. The number of hydrogen-bond donors (Lipinski definition) is 2. The molecule has 82 valence electrons. The molecule has 2 nitrogen and oxygen atoms in total. The van der Waals surface area contributed by atoms with Crippen LogP contribution in [0.15, 0.2) is 16.6 Å². The lowest BCUT2D eigenvalue weighted by atomic mass is 9.91. The molecule has 1 fully saturated rings. The maximum Gasteiger partial charge on any atom is 0.133 e. The molecule has 0 saturated carbocycles. The highest BCUT2D eigenvalue weighted by molar-refractivity contribution is 9.10. The van der Waals surface area contributed by atoms with Crippen LogP contribution in [0.2, 0.25) is 0 Å². The van der Waals surface area contributed by atoms with Gasteiger partial charge in [-0.2, -0.15) is 0 Å². The van der Waals surface area contributed by atoms with Crippen molar-refractivity contribution in [3.05, 3.63) is 28.0 Å². The predicted molar refractivity (Wildman–Crippen MR) is 60.6 cm³/mol. The summed E-state index contributed by atoms with van der Waals surface area (Å²) in [5.74, 6) is 0.0797. The van der Waals surface area contributed by atoms with E-state index in [2.05, 4.69) is 21.2 Å². The predicted octanol–water partition coefficient (Wildman–Crippen LogP) is 2.76. The number of piperidine rings is 1. The third kappa shape index (κ3) is 2.32. The number of nitrogens with one attached hydrogen (secondary N) is 1. The molecule has 1 aliphatic rings. The van der Waals surface area contributed by atoms with E-state index in [4.69, 9.17) is 0 Å². The number of hydrogen-bond acceptors (Lipinski definition) is 2. The first kappa shape index (κ1) is 10.9. The number of phenols is 1. The van der Waals surface area contributed by atoms with Crippen LogP contribution in [-0.2, 0) is 0 Å². The van der Waals surface area contributed by atoms with Crippen LogP contribution in [0, 0.1) is 5.82 Å². The normalized spacial score (nSPS) is 21.6. The van der Waals surface area contributed by atoms with E-state index in [1.165, 1.54) is 12.1 Å². The fourth-order valence-electron chi connectivity index (χ4n) is 2.01. The molecule has 1 aromatic carbocycles. The molecule has 0 aliphatic carbocycles. The molecule has 1 heterocycles. The zero-order valence-corrected chi connectivity index (χ0v) is 9.85. The summed E-state index contributed by atoms with van der Waals surface area (Å²) < 4.78 is 13.6. The molecule has 1 saturated heterocycles. The molecule has 0 radical (unpaired) electrons. The van der Waals surface area contributed by atoms with Gasteiger partial charge in [-0.25, -0.2) is 4.39 Å². The molecule has 0 spiro atoms. The standard InChI is InChI=1S/C11H13BrFNO/c12-10-5-8(13)4-9(11(10)15)7-2-1-3-14-6-7/h4-5,7,14-15H,1-3,6H2. The van der Waals surface area contributed by atoms with E-state index < -0.39 is 0 Å². The number of phenolic OH excluding ortho intramolecular Hbond substituents is 1. The van der Waals surface area contributed by atoms with Crippen molar-refractivity contribution >= 4 is 15.9 Å². The molecule has 0 aromatic heterocycles. The minimum absolute atomic E-state index is 0.171. The third-order valence-corrected chi connectivity index (χ3v) is 3.40. The second-order valence-corrected chi connectivity index (χ2v) is 4.72. The van der Waals surface area contributed by atoms with Gasteiger partial charge < -0.3 is 10.4 Å². The first-order chi connectivity index (χ1) is 7.18. The van der Waals surface area contributed by atoms with Crippen molar-refractivity contribution in [1.29, 1.82) is 0 Å². The number of halogens is 2. The lowest BCUT2D eigenvalue weighted by Crippen LogP contribution is -2.28. The number of benzene rings is 1. The first-order valence-corrected chi connectivity index (χ1v) is 5.86. The van der Waals surface area contributed by atoms with Crippen LogP contribution in [0.4, 0.5) is 4.39 Å². The quantitative estimate of drug-likeness (QED) is 0.825. The van der Waals surface area contributed by atoms with Crippen molar-refractivity contribution in [2.45, 2.75) is 18.8 Å². The summed E-state index contributed by atoms with van der Waals surface area (Å²) in [7, 11) is 0. The summed E-state index contributed by atoms with van der Waals surface area (Å²) in [6.45, 7) is 1.82. The van der Waals surface area contributed by atoms with Gasteiger partial charge in [-0.05, 0) is 47.4 Å². The molecule has 1 unspecified atom stereocenters. The molecule has 1 aliphatic heterocycles. The molecule has 4 heteroatoms. The highest BCUT2D eigenvalue weighted by Crippen LogP contribution is 2.36. The highest BCUT2D eigenvalue weighted by atomic mass is 79.9. The van der Waals surface area contributed by atoms with E-state index in [0.717, 1.165) is 25.9 Å². The Morgan fingerprint density at radius 3 is 2.93 bits per heavy atom. The minimum Gasteiger partial charge on any atom is -0.506 e. The van der Waals surface area contributed by atoms with Gasteiger partial charge in [0.1, 0.15) is 11.6 Å². The van der Waals surface area contributed by atoms with Crippen molar-refractivity contribution in [2.24, 2.45) is 0 Å². The summed E-state index contributed by atoms with van der Waals surface area (Å²) in [5, 5.41) is 13.1. The van der Waals surface area contributed by atoms with Gasteiger partial charge in [0.2, 0.25) is 0 Å². The zero-order chi connectivity index (χ0) is 10.8. The molecule has 0 amide bonds. The van der Waals surface area contributed by atoms with Gasteiger partial charge in [-0.1, -0.05) is 0 Å². The Morgan fingerprint density at radius 2 is 2.27 bits per heavy atom. The van der Waals surface area contributed by atoms with E-state index in [0.29, 0.717) is 10.0 Å². The Hall–Kier alpha value is -0.610. The van der Waals surface area contributed by atoms with Crippen LogP contribution in [0.3, 0.4) is 0 Å². The maximum absolute atomic E-state index is 13.2. The van der Waals surface area contributed by atoms with E-state index in [1.54, 1.807) is 0 Å².